The fourth-order valence-corrected chi connectivity index (χ4v) is 2.88. The number of carbonyl (C=O) groups is 2. The van der Waals surface area contributed by atoms with Crippen LogP contribution in [0.1, 0.15) is 91.4 Å². The molecule has 0 radical (unpaired) electrons. The maximum atomic E-state index is 11.9. The van der Waals surface area contributed by atoms with E-state index in [-0.39, 0.29) is 13.2 Å². The zero-order chi connectivity index (χ0) is 21.6. The van der Waals surface area contributed by atoms with Crippen LogP contribution in [-0.2, 0) is 19.1 Å². The van der Waals surface area contributed by atoms with Crippen molar-refractivity contribution in [3.05, 3.63) is 36.5 Å². The predicted octanol–water partition coefficient (Wildman–Crippen LogP) is 6.71. The van der Waals surface area contributed by atoms with Gasteiger partial charge in [0.15, 0.2) is 5.92 Å². The molecule has 0 saturated carbocycles. The number of esters is 2. The Balaban J connectivity index is 3.81. The standard InChI is InChI=1S/C25H42O4/c1-4-7-8-9-10-11-12-13-14-15-16-17-18-19-20-21-22-23(24(26)28-5-2)25(27)29-6-3/h10-11,13-14,17-18,23H,4-9,12,15-16,19-22H2,1-3H3/b11-10-,14-13-,18-17-. The second-order valence-corrected chi connectivity index (χ2v) is 7.06. The van der Waals surface area contributed by atoms with Gasteiger partial charge in [0, 0.05) is 0 Å². The van der Waals surface area contributed by atoms with E-state index in [0.717, 1.165) is 38.5 Å². The average Bonchev–Trinajstić information content (AvgIpc) is 2.70. The number of unbranched alkanes of at least 4 members (excludes halogenated alkanes) is 6. The van der Waals surface area contributed by atoms with Crippen molar-refractivity contribution in [3.8, 4) is 0 Å². The number of carbonyl (C=O) groups excluding carboxylic acids is 2. The van der Waals surface area contributed by atoms with E-state index in [0.29, 0.717) is 6.42 Å². The van der Waals surface area contributed by atoms with Crippen LogP contribution < -0.4 is 0 Å². The summed E-state index contributed by atoms with van der Waals surface area (Å²) in [4.78, 5) is 23.8. The van der Waals surface area contributed by atoms with Crippen molar-refractivity contribution in [3.63, 3.8) is 0 Å². The Hall–Kier alpha value is -1.84. The normalized spacial score (nSPS) is 11.9. The highest BCUT2D eigenvalue weighted by atomic mass is 16.6. The van der Waals surface area contributed by atoms with Crippen molar-refractivity contribution < 1.29 is 19.1 Å². The van der Waals surface area contributed by atoms with Gasteiger partial charge in [-0.25, -0.2) is 0 Å². The van der Waals surface area contributed by atoms with Crippen molar-refractivity contribution in [1.82, 2.24) is 0 Å². The van der Waals surface area contributed by atoms with Crippen LogP contribution in [0, 0.1) is 5.92 Å². The lowest BCUT2D eigenvalue weighted by Gasteiger charge is -2.13. The van der Waals surface area contributed by atoms with Crippen molar-refractivity contribution in [2.75, 3.05) is 13.2 Å². The van der Waals surface area contributed by atoms with E-state index in [1.807, 2.05) is 0 Å². The zero-order valence-electron chi connectivity index (χ0n) is 18.9. The minimum atomic E-state index is -0.787. The Morgan fingerprint density at radius 2 is 1.14 bits per heavy atom. The topological polar surface area (TPSA) is 52.6 Å². The van der Waals surface area contributed by atoms with Gasteiger partial charge in [0.2, 0.25) is 0 Å². The Morgan fingerprint density at radius 1 is 0.655 bits per heavy atom. The Labute approximate surface area is 178 Å². The van der Waals surface area contributed by atoms with Gasteiger partial charge in [0.05, 0.1) is 13.2 Å². The van der Waals surface area contributed by atoms with Gasteiger partial charge in [-0.05, 0) is 65.2 Å². The molecule has 0 aliphatic heterocycles. The molecule has 0 aromatic heterocycles. The minimum absolute atomic E-state index is 0.279. The quantitative estimate of drug-likeness (QED) is 0.110. The fraction of sp³-hybridized carbons (Fsp3) is 0.680. The summed E-state index contributed by atoms with van der Waals surface area (Å²) in [6.07, 6.45) is 24.8. The van der Waals surface area contributed by atoms with Crippen molar-refractivity contribution in [2.24, 2.45) is 5.92 Å². The Kier molecular flexibility index (Phi) is 19.6. The largest absolute Gasteiger partial charge is 0.465 e. The van der Waals surface area contributed by atoms with E-state index >= 15 is 0 Å². The molecule has 0 spiro atoms. The molecule has 29 heavy (non-hydrogen) atoms. The van der Waals surface area contributed by atoms with E-state index in [9.17, 15) is 9.59 Å². The molecule has 4 heteroatoms. The molecule has 0 amide bonds. The lowest BCUT2D eigenvalue weighted by Crippen LogP contribution is -2.28. The van der Waals surface area contributed by atoms with Crippen LogP contribution in [0.5, 0.6) is 0 Å². The van der Waals surface area contributed by atoms with Crippen LogP contribution in [0.3, 0.4) is 0 Å². The first-order chi connectivity index (χ1) is 14.2. The smallest absolute Gasteiger partial charge is 0.320 e. The van der Waals surface area contributed by atoms with Gasteiger partial charge in [-0.2, -0.15) is 0 Å². The number of rotatable bonds is 18. The number of hydrogen-bond acceptors (Lipinski definition) is 4. The van der Waals surface area contributed by atoms with Gasteiger partial charge in [-0.15, -0.1) is 0 Å². The molecular weight excluding hydrogens is 364 g/mol. The van der Waals surface area contributed by atoms with E-state index in [2.05, 4.69) is 43.4 Å². The molecule has 4 nitrogen and oxygen atoms in total. The molecule has 0 unspecified atom stereocenters. The van der Waals surface area contributed by atoms with Crippen LogP contribution in [0.15, 0.2) is 36.5 Å². The highest BCUT2D eigenvalue weighted by Crippen LogP contribution is 2.14. The third kappa shape index (κ3) is 16.8. The van der Waals surface area contributed by atoms with Crippen LogP contribution >= 0.6 is 0 Å². The number of allylic oxidation sites excluding steroid dienone is 6. The highest BCUT2D eigenvalue weighted by molar-refractivity contribution is 5.94. The van der Waals surface area contributed by atoms with Crippen molar-refractivity contribution in [1.29, 1.82) is 0 Å². The third-order valence-corrected chi connectivity index (χ3v) is 4.50. The average molecular weight is 407 g/mol. The minimum Gasteiger partial charge on any atom is -0.465 e. The molecule has 0 bridgehead atoms. The summed E-state index contributed by atoms with van der Waals surface area (Å²) in [6.45, 7) is 6.27. The van der Waals surface area contributed by atoms with E-state index in [1.54, 1.807) is 13.8 Å². The van der Waals surface area contributed by atoms with Gasteiger partial charge in [-0.3, -0.25) is 9.59 Å². The zero-order valence-corrected chi connectivity index (χ0v) is 18.9. The van der Waals surface area contributed by atoms with Gasteiger partial charge >= 0.3 is 11.9 Å². The maximum absolute atomic E-state index is 11.9. The first-order valence-electron chi connectivity index (χ1n) is 11.5. The first-order valence-corrected chi connectivity index (χ1v) is 11.5. The molecule has 0 rings (SSSR count). The molecule has 0 aromatic carbocycles. The summed E-state index contributed by atoms with van der Waals surface area (Å²) in [6, 6.07) is 0. The van der Waals surface area contributed by atoms with Crippen molar-refractivity contribution in [2.45, 2.75) is 91.4 Å². The maximum Gasteiger partial charge on any atom is 0.320 e. The summed E-state index contributed by atoms with van der Waals surface area (Å²) in [5, 5.41) is 0. The summed E-state index contributed by atoms with van der Waals surface area (Å²) in [5.41, 5.74) is 0. The molecule has 0 N–H and O–H groups in total. The molecule has 166 valence electrons. The Bertz CT molecular complexity index is 473. The second kappa shape index (κ2) is 20.9. The highest BCUT2D eigenvalue weighted by Gasteiger charge is 2.28. The van der Waals surface area contributed by atoms with Crippen LogP contribution in [0.4, 0.5) is 0 Å². The van der Waals surface area contributed by atoms with E-state index in [1.165, 1.54) is 25.7 Å². The lowest BCUT2D eigenvalue weighted by atomic mass is 10.0. The summed E-state index contributed by atoms with van der Waals surface area (Å²) in [5.74, 6) is -1.72. The molecule has 0 aliphatic rings. The van der Waals surface area contributed by atoms with E-state index < -0.39 is 17.9 Å². The summed E-state index contributed by atoms with van der Waals surface area (Å²) in [7, 11) is 0. The number of hydrogen-bond donors (Lipinski definition) is 0. The second-order valence-electron chi connectivity index (χ2n) is 7.06. The molecule has 0 aliphatic carbocycles. The monoisotopic (exact) mass is 406 g/mol. The lowest BCUT2D eigenvalue weighted by molar-refractivity contribution is -0.161. The molecule has 0 saturated heterocycles. The van der Waals surface area contributed by atoms with Crippen LogP contribution in [0.2, 0.25) is 0 Å². The van der Waals surface area contributed by atoms with Gasteiger partial charge in [0.25, 0.3) is 0 Å². The molecular formula is C25H42O4. The third-order valence-electron chi connectivity index (χ3n) is 4.50. The fourth-order valence-electron chi connectivity index (χ4n) is 2.88. The van der Waals surface area contributed by atoms with Crippen LogP contribution in [-0.4, -0.2) is 25.2 Å². The Morgan fingerprint density at radius 3 is 1.69 bits per heavy atom. The van der Waals surface area contributed by atoms with Gasteiger partial charge < -0.3 is 9.47 Å². The molecule has 0 heterocycles. The van der Waals surface area contributed by atoms with E-state index in [4.69, 9.17) is 9.47 Å². The number of ether oxygens (including phenoxy) is 2. The molecule has 0 aromatic rings. The molecule has 0 atom stereocenters. The first kappa shape index (κ1) is 27.2. The molecule has 0 fully saturated rings. The summed E-state index contributed by atoms with van der Waals surface area (Å²) < 4.78 is 9.97. The summed E-state index contributed by atoms with van der Waals surface area (Å²) >= 11 is 0. The predicted molar refractivity (Wildman–Crippen MR) is 121 cm³/mol. The van der Waals surface area contributed by atoms with Gasteiger partial charge in [-0.1, -0.05) is 62.6 Å². The van der Waals surface area contributed by atoms with Crippen LogP contribution in [0.25, 0.3) is 0 Å². The SMILES string of the molecule is CCCCC/C=C\C/C=C\CC/C=C\CCCCC(C(=O)OCC)C(=O)OCC. The van der Waals surface area contributed by atoms with Gasteiger partial charge in [0.1, 0.15) is 0 Å². The van der Waals surface area contributed by atoms with Crippen molar-refractivity contribution >= 4 is 11.9 Å².